The molecule has 0 unspecified atom stereocenters. The molecule has 0 aliphatic rings. The van der Waals surface area contributed by atoms with Crippen molar-refractivity contribution in [3.63, 3.8) is 0 Å². The minimum absolute atomic E-state index is 0.148. The average molecular weight is 409 g/mol. The molecule has 7 heteroatoms. The van der Waals surface area contributed by atoms with Gasteiger partial charge in [-0.1, -0.05) is 48.5 Å². The lowest BCUT2D eigenvalue weighted by Gasteiger charge is -2.19. The van der Waals surface area contributed by atoms with E-state index in [1.165, 1.54) is 0 Å². The third kappa shape index (κ3) is 6.09. The largest absolute Gasteiger partial charge is 0.445 e. The highest BCUT2D eigenvalue weighted by Crippen LogP contribution is 2.19. The summed E-state index contributed by atoms with van der Waals surface area (Å²) < 4.78 is 5.31. The number of para-hydroxylation sites is 1. The van der Waals surface area contributed by atoms with E-state index in [0.717, 1.165) is 22.0 Å². The van der Waals surface area contributed by atoms with Crippen LogP contribution in [0.2, 0.25) is 0 Å². The Balaban J connectivity index is 1.66. The highest BCUT2D eigenvalue weighted by Gasteiger charge is 2.23. The zero-order valence-electron chi connectivity index (χ0n) is 17.4. The van der Waals surface area contributed by atoms with Gasteiger partial charge in [-0.25, -0.2) is 4.79 Å². The number of carbonyl (C=O) groups is 2. The molecule has 3 N–H and O–H groups in total. The number of amides is 2. The molecule has 3 rings (SSSR count). The summed E-state index contributed by atoms with van der Waals surface area (Å²) in [6.45, 7) is 1.36. The molecular formula is C23H28N4O3. The summed E-state index contributed by atoms with van der Waals surface area (Å²) >= 11 is 0. The lowest BCUT2D eigenvalue weighted by molar-refractivity contribution is -0.123. The third-order valence-electron chi connectivity index (χ3n) is 4.78. The summed E-state index contributed by atoms with van der Waals surface area (Å²) in [5.41, 5.74) is 2.84. The topological polar surface area (TPSA) is 86.5 Å². The molecule has 0 radical (unpaired) electrons. The number of aromatic nitrogens is 1. The second kappa shape index (κ2) is 10.5. The lowest BCUT2D eigenvalue weighted by Crippen LogP contribution is -2.49. The highest BCUT2D eigenvalue weighted by atomic mass is 16.5. The van der Waals surface area contributed by atoms with Gasteiger partial charge in [0.15, 0.2) is 0 Å². The quantitative estimate of drug-likeness (QED) is 0.508. The summed E-state index contributed by atoms with van der Waals surface area (Å²) in [7, 11) is 3.88. The maximum absolute atomic E-state index is 12.8. The van der Waals surface area contributed by atoms with Crippen molar-refractivity contribution < 1.29 is 14.3 Å². The van der Waals surface area contributed by atoms with Gasteiger partial charge in [-0.15, -0.1) is 0 Å². The number of hydrogen-bond acceptors (Lipinski definition) is 4. The number of carbonyl (C=O) groups excluding carboxylic acids is 2. The molecule has 3 aromatic rings. The molecule has 0 aliphatic carbocycles. The van der Waals surface area contributed by atoms with Gasteiger partial charge in [-0.3, -0.25) is 4.79 Å². The van der Waals surface area contributed by atoms with Crippen LogP contribution in [0.1, 0.15) is 11.1 Å². The summed E-state index contributed by atoms with van der Waals surface area (Å²) in [6, 6.07) is 16.6. The highest BCUT2D eigenvalue weighted by molar-refractivity contribution is 5.88. The van der Waals surface area contributed by atoms with Crippen LogP contribution in [-0.4, -0.2) is 55.1 Å². The molecule has 0 saturated carbocycles. The van der Waals surface area contributed by atoms with Gasteiger partial charge in [-0.05, 0) is 31.3 Å². The maximum Gasteiger partial charge on any atom is 0.408 e. The Hall–Kier alpha value is -3.32. The smallest absolute Gasteiger partial charge is 0.408 e. The standard InChI is InChI=1S/C23H28N4O3/c1-27(2)13-12-24-22(28)21(14-18-15-25-20-11-7-6-10-19(18)20)26-23(29)30-16-17-8-4-3-5-9-17/h3-11,15,21,25H,12-14,16H2,1-2H3,(H,24,28)(H,26,29)/t21-/m0/s1. The predicted molar refractivity (Wildman–Crippen MR) is 117 cm³/mol. The van der Waals surface area contributed by atoms with Gasteiger partial charge in [0.05, 0.1) is 0 Å². The molecule has 0 bridgehead atoms. The van der Waals surface area contributed by atoms with Gasteiger partial charge in [0.25, 0.3) is 0 Å². The van der Waals surface area contributed by atoms with Gasteiger partial charge in [0.2, 0.25) is 5.91 Å². The molecular weight excluding hydrogens is 380 g/mol. The molecule has 0 saturated heterocycles. The van der Waals surface area contributed by atoms with Crippen LogP contribution in [0, 0.1) is 0 Å². The maximum atomic E-state index is 12.8. The van der Waals surface area contributed by atoms with Crippen LogP contribution in [0.5, 0.6) is 0 Å². The molecule has 1 heterocycles. The van der Waals surface area contributed by atoms with Crippen LogP contribution < -0.4 is 10.6 Å². The number of alkyl carbamates (subject to hydrolysis) is 1. The van der Waals surface area contributed by atoms with E-state index in [1.54, 1.807) is 0 Å². The van der Waals surface area contributed by atoms with Crippen LogP contribution in [0.25, 0.3) is 10.9 Å². The van der Waals surface area contributed by atoms with Crippen molar-refractivity contribution in [3.8, 4) is 0 Å². The molecule has 0 fully saturated rings. The van der Waals surface area contributed by atoms with E-state index in [9.17, 15) is 9.59 Å². The average Bonchev–Trinajstić information content (AvgIpc) is 3.15. The fourth-order valence-electron chi connectivity index (χ4n) is 3.16. The Bertz CT molecular complexity index is 969. The fourth-order valence-corrected chi connectivity index (χ4v) is 3.16. The molecule has 2 aromatic carbocycles. The Morgan fingerprint density at radius 1 is 1.07 bits per heavy atom. The van der Waals surface area contributed by atoms with Crippen molar-refractivity contribution in [1.29, 1.82) is 0 Å². The van der Waals surface area contributed by atoms with E-state index >= 15 is 0 Å². The van der Waals surface area contributed by atoms with Crippen molar-refractivity contribution in [2.75, 3.05) is 27.2 Å². The zero-order valence-corrected chi connectivity index (χ0v) is 17.4. The van der Waals surface area contributed by atoms with E-state index in [-0.39, 0.29) is 12.5 Å². The second-order valence-electron chi connectivity index (χ2n) is 7.42. The number of fused-ring (bicyclic) bond motifs is 1. The van der Waals surface area contributed by atoms with Crippen molar-refractivity contribution >= 4 is 22.9 Å². The Morgan fingerprint density at radius 3 is 2.57 bits per heavy atom. The minimum atomic E-state index is -0.741. The lowest BCUT2D eigenvalue weighted by atomic mass is 10.0. The minimum Gasteiger partial charge on any atom is -0.445 e. The molecule has 0 spiro atoms. The molecule has 30 heavy (non-hydrogen) atoms. The summed E-state index contributed by atoms with van der Waals surface area (Å²) in [4.78, 5) is 30.4. The first-order chi connectivity index (χ1) is 14.5. The van der Waals surface area contributed by atoms with Crippen LogP contribution in [0.4, 0.5) is 4.79 Å². The van der Waals surface area contributed by atoms with Gasteiger partial charge in [0.1, 0.15) is 12.6 Å². The van der Waals surface area contributed by atoms with Crippen molar-refractivity contribution in [2.45, 2.75) is 19.1 Å². The molecule has 7 nitrogen and oxygen atoms in total. The number of nitrogens with one attached hydrogen (secondary N) is 3. The second-order valence-corrected chi connectivity index (χ2v) is 7.42. The van der Waals surface area contributed by atoms with Gasteiger partial charge < -0.3 is 25.3 Å². The number of ether oxygens (including phenoxy) is 1. The van der Waals surface area contributed by atoms with E-state index in [0.29, 0.717) is 19.5 Å². The fraction of sp³-hybridized carbons (Fsp3) is 0.304. The number of benzene rings is 2. The van der Waals surface area contributed by atoms with Crippen molar-refractivity contribution in [3.05, 3.63) is 71.9 Å². The van der Waals surface area contributed by atoms with E-state index in [2.05, 4.69) is 15.6 Å². The Kier molecular flexibility index (Phi) is 7.45. The molecule has 158 valence electrons. The van der Waals surface area contributed by atoms with E-state index in [4.69, 9.17) is 4.74 Å². The zero-order chi connectivity index (χ0) is 21.3. The summed E-state index contributed by atoms with van der Waals surface area (Å²) in [5, 5.41) is 6.65. The number of rotatable bonds is 9. The third-order valence-corrected chi connectivity index (χ3v) is 4.78. The van der Waals surface area contributed by atoms with E-state index < -0.39 is 12.1 Å². The number of likely N-dealkylation sites (N-methyl/N-ethyl adjacent to an activating group) is 1. The van der Waals surface area contributed by atoms with Crippen LogP contribution >= 0.6 is 0 Å². The van der Waals surface area contributed by atoms with E-state index in [1.807, 2.05) is 79.8 Å². The monoisotopic (exact) mass is 408 g/mol. The first kappa shape index (κ1) is 21.4. The Labute approximate surface area is 176 Å². The number of nitrogens with zero attached hydrogens (tertiary/aromatic N) is 1. The van der Waals surface area contributed by atoms with Gasteiger partial charge in [0, 0.05) is 36.6 Å². The first-order valence-corrected chi connectivity index (χ1v) is 9.97. The number of hydrogen-bond donors (Lipinski definition) is 3. The summed E-state index contributed by atoms with van der Waals surface area (Å²) in [5.74, 6) is -0.237. The Morgan fingerprint density at radius 2 is 1.80 bits per heavy atom. The number of H-pyrrole nitrogens is 1. The van der Waals surface area contributed by atoms with Gasteiger partial charge >= 0.3 is 6.09 Å². The molecule has 1 aromatic heterocycles. The number of aromatic amines is 1. The SMILES string of the molecule is CN(C)CCNC(=O)[C@H](Cc1c[nH]c2ccccc12)NC(=O)OCc1ccccc1. The first-order valence-electron chi connectivity index (χ1n) is 9.97. The molecule has 1 atom stereocenters. The normalized spacial score (nSPS) is 12.0. The van der Waals surface area contributed by atoms with Crippen molar-refractivity contribution in [1.82, 2.24) is 20.5 Å². The van der Waals surface area contributed by atoms with Crippen LogP contribution in [0.3, 0.4) is 0 Å². The van der Waals surface area contributed by atoms with Gasteiger partial charge in [-0.2, -0.15) is 0 Å². The van der Waals surface area contributed by atoms with Crippen LogP contribution in [0.15, 0.2) is 60.8 Å². The van der Waals surface area contributed by atoms with Crippen molar-refractivity contribution in [2.24, 2.45) is 0 Å². The molecule has 0 aliphatic heterocycles. The predicted octanol–water partition coefficient (Wildman–Crippen LogP) is 2.68. The van der Waals surface area contributed by atoms with Crippen LogP contribution in [-0.2, 0) is 22.6 Å². The summed E-state index contributed by atoms with van der Waals surface area (Å²) in [6.07, 6.45) is 1.62. The molecule has 2 amide bonds.